The van der Waals surface area contributed by atoms with Crippen LogP contribution in [-0.4, -0.2) is 57.4 Å². The molecule has 6 rings (SSSR count). The molecule has 0 N–H and O–H groups in total. The van der Waals surface area contributed by atoms with Crippen molar-refractivity contribution in [2.75, 3.05) is 13.7 Å². The number of aryl methyl sites for hydroxylation is 1. The van der Waals surface area contributed by atoms with E-state index in [0.29, 0.717) is 4.90 Å². The molecule has 42 heavy (non-hydrogen) atoms. The maximum Gasteiger partial charge on any atom is 0.184 e. The Morgan fingerprint density at radius 3 is 2.62 bits per heavy atom. The van der Waals surface area contributed by atoms with Crippen LogP contribution in [0.5, 0.6) is 0 Å². The summed E-state index contributed by atoms with van der Waals surface area (Å²) >= 11 is 6.98. The Morgan fingerprint density at radius 2 is 1.90 bits per heavy atom. The first-order valence-electron chi connectivity index (χ1n) is 13.0. The van der Waals surface area contributed by atoms with Crippen LogP contribution in [0.1, 0.15) is 29.2 Å². The number of hydrogen-bond acceptors (Lipinski definition) is 9. The van der Waals surface area contributed by atoms with Gasteiger partial charge < -0.3 is 18.9 Å². The zero-order valence-corrected chi connectivity index (χ0v) is 23.9. The number of fused-ring (bicyclic) bond motifs is 1. The predicted octanol–water partition coefficient (Wildman–Crippen LogP) is 5.64. The molecule has 2 aliphatic rings. The molecule has 2 aromatic carbocycles. The van der Waals surface area contributed by atoms with Gasteiger partial charge in [-0.15, -0.1) is 5.10 Å². The third-order valence-corrected chi connectivity index (χ3v) is 8.62. The second-order valence-electron chi connectivity index (χ2n) is 9.84. The highest BCUT2D eigenvalue weighted by molar-refractivity contribution is 7.99. The van der Waals surface area contributed by atoms with Crippen LogP contribution in [0.15, 0.2) is 65.8 Å². The van der Waals surface area contributed by atoms with Crippen molar-refractivity contribution in [2.45, 2.75) is 47.9 Å². The number of ether oxygens (including phenoxy) is 4. The largest absolute Gasteiger partial charge is 0.375 e. The molecular formula is C29H24ClF2N5O4S. The third kappa shape index (κ3) is 5.51. The van der Waals surface area contributed by atoms with Crippen LogP contribution >= 0.6 is 23.4 Å². The summed E-state index contributed by atoms with van der Waals surface area (Å²) in [5, 5.41) is 17.6. The van der Waals surface area contributed by atoms with E-state index < -0.39 is 52.7 Å². The highest BCUT2D eigenvalue weighted by Gasteiger charge is 2.52. The lowest BCUT2D eigenvalue weighted by Crippen LogP contribution is -2.59. The van der Waals surface area contributed by atoms with Crippen LogP contribution in [0, 0.1) is 29.9 Å². The van der Waals surface area contributed by atoms with E-state index in [2.05, 4.69) is 21.4 Å². The van der Waals surface area contributed by atoms with Gasteiger partial charge in [-0.3, -0.25) is 0 Å². The summed E-state index contributed by atoms with van der Waals surface area (Å²) in [5.41, 5.74) is 1.75. The molecule has 2 saturated heterocycles. The van der Waals surface area contributed by atoms with Gasteiger partial charge in [0.2, 0.25) is 0 Å². The number of nitriles is 1. The van der Waals surface area contributed by atoms with Gasteiger partial charge in [0.1, 0.15) is 58.2 Å². The zero-order chi connectivity index (χ0) is 29.4. The summed E-state index contributed by atoms with van der Waals surface area (Å²) in [4.78, 5) is 4.88. The molecule has 0 amide bonds. The molecule has 9 nitrogen and oxygen atoms in total. The summed E-state index contributed by atoms with van der Waals surface area (Å²) in [5.74, 6) is -1.81. The molecule has 0 aliphatic carbocycles. The Kier molecular flexibility index (Phi) is 8.22. The number of halogens is 3. The molecule has 0 spiro atoms. The average Bonchev–Trinajstić information content (AvgIpc) is 3.49. The fourth-order valence-corrected chi connectivity index (χ4v) is 6.52. The molecule has 13 heteroatoms. The van der Waals surface area contributed by atoms with Gasteiger partial charge in [0, 0.05) is 29.3 Å². The van der Waals surface area contributed by atoms with Crippen molar-refractivity contribution in [3.8, 4) is 17.3 Å². The summed E-state index contributed by atoms with van der Waals surface area (Å²) < 4.78 is 55.1. The predicted molar refractivity (Wildman–Crippen MR) is 148 cm³/mol. The fraction of sp³-hybridized carbons (Fsp3) is 0.310. The van der Waals surface area contributed by atoms with E-state index in [1.165, 1.54) is 11.8 Å². The first-order chi connectivity index (χ1) is 20.4. The van der Waals surface area contributed by atoms with Gasteiger partial charge in [-0.05, 0) is 30.7 Å². The van der Waals surface area contributed by atoms with Gasteiger partial charge in [-0.1, -0.05) is 58.9 Å². The smallest absolute Gasteiger partial charge is 0.184 e. The first kappa shape index (κ1) is 28.7. The van der Waals surface area contributed by atoms with Crippen molar-refractivity contribution in [3.05, 3.63) is 94.4 Å². The van der Waals surface area contributed by atoms with Crippen molar-refractivity contribution < 1.29 is 27.7 Å². The maximum atomic E-state index is 14.2. The van der Waals surface area contributed by atoms with Crippen LogP contribution in [-0.2, 0) is 18.9 Å². The second-order valence-corrected chi connectivity index (χ2v) is 11.4. The molecule has 6 atom stereocenters. The Balaban J connectivity index is 1.39. The molecule has 0 bridgehead atoms. The van der Waals surface area contributed by atoms with Crippen LogP contribution < -0.4 is 0 Å². The summed E-state index contributed by atoms with van der Waals surface area (Å²) in [6.07, 6.45) is 0.724. The molecule has 0 saturated carbocycles. The molecule has 2 aliphatic heterocycles. The molecule has 216 valence electrons. The van der Waals surface area contributed by atoms with Gasteiger partial charge >= 0.3 is 0 Å². The van der Waals surface area contributed by atoms with Crippen LogP contribution in [0.25, 0.3) is 11.3 Å². The average molecular weight is 612 g/mol. The number of hydrogen-bond donors (Lipinski definition) is 0. The van der Waals surface area contributed by atoms with E-state index >= 15 is 0 Å². The number of methoxy groups -OCH3 is 1. The maximum absolute atomic E-state index is 14.2. The third-order valence-electron chi connectivity index (χ3n) is 7.09. The number of aromatic nitrogens is 4. The molecule has 6 unspecified atom stereocenters. The first-order valence-corrected chi connectivity index (χ1v) is 14.2. The van der Waals surface area contributed by atoms with Crippen molar-refractivity contribution in [1.29, 1.82) is 5.26 Å². The fourth-order valence-electron chi connectivity index (χ4n) is 5.09. The minimum absolute atomic E-state index is 0.170. The number of thioether (sulfide) groups is 1. The van der Waals surface area contributed by atoms with Crippen molar-refractivity contribution >= 4 is 23.4 Å². The van der Waals surface area contributed by atoms with E-state index in [1.807, 2.05) is 43.3 Å². The minimum Gasteiger partial charge on any atom is -0.375 e. The minimum atomic E-state index is -0.905. The highest BCUT2D eigenvalue weighted by Crippen LogP contribution is 2.45. The SMILES string of the molecule is COC1C(Sc2cc(C)cnc2C#N)OC2COC(c3ccccc3)OC2C1n1cc(-c2cc(F)c(Cl)c(F)c2)nn1. The lowest BCUT2D eigenvalue weighted by atomic mass is 9.95. The highest BCUT2D eigenvalue weighted by atomic mass is 35.5. The monoisotopic (exact) mass is 611 g/mol. The summed E-state index contributed by atoms with van der Waals surface area (Å²) in [6, 6.07) is 15.1. The van der Waals surface area contributed by atoms with Gasteiger partial charge in [0.25, 0.3) is 0 Å². The number of benzene rings is 2. The van der Waals surface area contributed by atoms with Crippen molar-refractivity contribution in [2.24, 2.45) is 0 Å². The molecule has 4 heterocycles. The lowest BCUT2D eigenvalue weighted by molar-refractivity contribution is -0.308. The van der Waals surface area contributed by atoms with E-state index in [1.54, 1.807) is 24.2 Å². The molecule has 0 radical (unpaired) electrons. The van der Waals surface area contributed by atoms with Gasteiger partial charge in [-0.25, -0.2) is 18.4 Å². The summed E-state index contributed by atoms with van der Waals surface area (Å²) in [6.45, 7) is 2.10. The summed E-state index contributed by atoms with van der Waals surface area (Å²) in [7, 11) is 1.55. The molecule has 4 aromatic rings. The van der Waals surface area contributed by atoms with Crippen LogP contribution in [0.4, 0.5) is 8.78 Å². The molecule has 2 aromatic heterocycles. The number of nitrogens with zero attached hydrogens (tertiary/aromatic N) is 5. The van der Waals surface area contributed by atoms with E-state index in [9.17, 15) is 14.0 Å². The Labute approximate surface area is 249 Å². The Bertz CT molecular complexity index is 1620. The van der Waals surface area contributed by atoms with E-state index in [4.69, 9.17) is 30.5 Å². The normalized spacial score (nSPS) is 25.5. The number of rotatable bonds is 6. The molecule has 2 fully saturated rings. The molecular weight excluding hydrogens is 588 g/mol. The standard InChI is InChI=1S/C29H24ClF2N5O4S/c1-15-8-23(20(11-33)34-12-15)42-29-27(38-2)25(26-22(40-29)14-39-28(41-26)16-6-4-3-5-7-16)37-13-21(35-36-37)17-9-18(31)24(30)19(32)10-17/h3-10,12-13,22,25-29H,14H2,1-2H3. The number of pyridine rings is 1. The van der Waals surface area contributed by atoms with E-state index in [-0.39, 0.29) is 23.6 Å². The zero-order valence-electron chi connectivity index (χ0n) is 22.4. The topological polar surface area (TPSA) is 104 Å². The van der Waals surface area contributed by atoms with Gasteiger partial charge in [0.05, 0.1) is 12.8 Å². The Hall–Kier alpha value is -3.44. The van der Waals surface area contributed by atoms with E-state index in [0.717, 1.165) is 23.3 Å². The lowest BCUT2D eigenvalue weighted by Gasteiger charge is -2.48. The van der Waals surface area contributed by atoms with Gasteiger partial charge in [-0.2, -0.15) is 5.26 Å². The van der Waals surface area contributed by atoms with Gasteiger partial charge in [0.15, 0.2) is 12.0 Å². The quantitative estimate of drug-likeness (QED) is 0.256. The Morgan fingerprint density at radius 1 is 1.14 bits per heavy atom. The van der Waals surface area contributed by atoms with Crippen LogP contribution in [0.2, 0.25) is 5.02 Å². The van der Waals surface area contributed by atoms with Crippen molar-refractivity contribution in [1.82, 2.24) is 20.0 Å². The second kappa shape index (κ2) is 12.0. The van der Waals surface area contributed by atoms with Crippen LogP contribution in [0.3, 0.4) is 0 Å². The van der Waals surface area contributed by atoms with Crippen molar-refractivity contribution in [3.63, 3.8) is 0 Å².